The van der Waals surface area contributed by atoms with Gasteiger partial charge in [-0.15, -0.1) is 0 Å². The second-order valence-electron chi connectivity index (χ2n) is 3.15. The van der Waals surface area contributed by atoms with E-state index < -0.39 is 11.8 Å². The highest BCUT2D eigenvalue weighted by molar-refractivity contribution is 6.35. The lowest BCUT2D eigenvalue weighted by atomic mass is 10.2. The van der Waals surface area contributed by atoms with Gasteiger partial charge < -0.3 is 10.6 Å². The molecule has 1 aromatic carbocycles. The number of hydrogen-bond acceptors (Lipinski definition) is 3. The van der Waals surface area contributed by atoms with E-state index in [-0.39, 0.29) is 13.1 Å². The molecule has 0 fully saturated rings. The minimum Gasteiger partial charge on any atom is -0.344 e. The number of nitriles is 1. The molecule has 0 aliphatic rings. The van der Waals surface area contributed by atoms with Gasteiger partial charge in [0.2, 0.25) is 0 Å². The van der Waals surface area contributed by atoms with Crippen molar-refractivity contribution in [2.45, 2.75) is 6.54 Å². The largest absolute Gasteiger partial charge is 0.344 e. The van der Waals surface area contributed by atoms with Gasteiger partial charge in [0.15, 0.2) is 0 Å². The van der Waals surface area contributed by atoms with Crippen LogP contribution in [0.25, 0.3) is 0 Å². The van der Waals surface area contributed by atoms with Gasteiger partial charge in [0, 0.05) is 11.6 Å². The van der Waals surface area contributed by atoms with E-state index in [0.717, 1.165) is 5.56 Å². The van der Waals surface area contributed by atoms with E-state index in [2.05, 4.69) is 10.6 Å². The smallest absolute Gasteiger partial charge is 0.310 e. The van der Waals surface area contributed by atoms with Crippen LogP contribution in [0.5, 0.6) is 0 Å². The van der Waals surface area contributed by atoms with E-state index in [1.54, 1.807) is 30.3 Å². The Balaban J connectivity index is 2.40. The highest BCUT2D eigenvalue weighted by Gasteiger charge is 2.11. The molecular formula is C11H10ClN3O2. The van der Waals surface area contributed by atoms with Crippen molar-refractivity contribution >= 4 is 23.4 Å². The van der Waals surface area contributed by atoms with Crippen LogP contribution in [0.2, 0.25) is 5.02 Å². The van der Waals surface area contributed by atoms with Crippen molar-refractivity contribution in [1.82, 2.24) is 10.6 Å². The number of amides is 2. The van der Waals surface area contributed by atoms with Crippen LogP contribution in [0, 0.1) is 11.3 Å². The van der Waals surface area contributed by atoms with Crippen molar-refractivity contribution in [2.24, 2.45) is 0 Å². The van der Waals surface area contributed by atoms with Gasteiger partial charge in [-0.1, -0.05) is 23.7 Å². The van der Waals surface area contributed by atoms with Crippen LogP contribution < -0.4 is 10.6 Å². The first-order valence-corrected chi connectivity index (χ1v) is 5.18. The molecule has 0 heterocycles. The Morgan fingerprint density at radius 3 is 2.35 bits per heavy atom. The molecule has 0 unspecified atom stereocenters. The van der Waals surface area contributed by atoms with Crippen molar-refractivity contribution in [3.05, 3.63) is 34.9 Å². The molecule has 0 saturated carbocycles. The SMILES string of the molecule is N#CCNC(=O)C(=O)NCc1ccc(Cl)cc1. The number of benzene rings is 1. The molecule has 0 aliphatic carbocycles. The fourth-order valence-electron chi connectivity index (χ4n) is 1.06. The molecule has 0 saturated heterocycles. The summed E-state index contributed by atoms with van der Waals surface area (Å²) >= 11 is 5.70. The molecule has 88 valence electrons. The van der Waals surface area contributed by atoms with E-state index in [1.165, 1.54) is 0 Å². The predicted octanol–water partition coefficient (Wildman–Crippen LogP) is 0.596. The van der Waals surface area contributed by atoms with E-state index in [1.807, 2.05) is 0 Å². The molecule has 17 heavy (non-hydrogen) atoms. The van der Waals surface area contributed by atoms with Crippen LogP contribution in [0.4, 0.5) is 0 Å². The second kappa shape index (κ2) is 6.51. The number of nitrogens with one attached hydrogen (secondary N) is 2. The summed E-state index contributed by atoms with van der Waals surface area (Å²) in [6.45, 7) is 0.0448. The molecule has 1 aromatic rings. The zero-order valence-electron chi connectivity index (χ0n) is 8.87. The van der Waals surface area contributed by atoms with Crippen molar-refractivity contribution in [3.8, 4) is 6.07 Å². The molecule has 0 aromatic heterocycles. The molecule has 0 aliphatic heterocycles. The molecule has 5 nitrogen and oxygen atoms in total. The zero-order chi connectivity index (χ0) is 12.7. The number of rotatable bonds is 3. The lowest BCUT2D eigenvalue weighted by Gasteiger charge is -2.04. The molecule has 1 rings (SSSR count). The van der Waals surface area contributed by atoms with Gasteiger partial charge in [0.1, 0.15) is 6.54 Å². The molecular weight excluding hydrogens is 242 g/mol. The molecule has 0 bridgehead atoms. The molecule has 0 spiro atoms. The number of hydrogen-bond donors (Lipinski definition) is 2. The Morgan fingerprint density at radius 2 is 1.76 bits per heavy atom. The second-order valence-corrected chi connectivity index (χ2v) is 3.59. The number of carbonyl (C=O) groups is 2. The molecule has 6 heteroatoms. The van der Waals surface area contributed by atoms with E-state index >= 15 is 0 Å². The first-order chi connectivity index (χ1) is 8.13. The Labute approximate surface area is 103 Å². The number of halogens is 1. The topological polar surface area (TPSA) is 82.0 Å². The normalized spacial score (nSPS) is 9.18. The van der Waals surface area contributed by atoms with E-state index in [0.29, 0.717) is 5.02 Å². The maximum atomic E-state index is 11.2. The standard InChI is InChI=1S/C11H10ClN3O2/c12-9-3-1-8(2-4-9)7-15-11(17)10(16)14-6-5-13/h1-4H,6-7H2,(H,14,16)(H,15,17). The monoisotopic (exact) mass is 251 g/mol. The van der Waals surface area contributed by atoms with E-state index in [9.17, 15) is 9.59 Å². The number of carbonyl (C=O) groups excluding carboxylic acids is 2. The summed E-state index contributed by atoms with van der Waals surface area (Å²) < 4.78 is 0. The molecule has 2 N–H and O–H groups in total. The van der Waals surface area contributed by atoms with Crippen LogP contribution in [-0.2, 0) is 16.1 Å². The first-order valence-electron chi connectivity index (χ1n) is 4.81. The first kappa shape index (κ1) is 13.0. The summed E-state index contributed by atoms with van der Waals surface area (Å²) in [6, 6.07) is 8.59. The van der Waals surface area contributed by atoms with E-state index in [4.69, 9.17) is 16.9 Å². The van der Waals surface area contributed by atoms with Crippen LogP contribution in [0.3, 0.4) is 0 Å². The van der Waals surface area contributed by atoms with Crippen LogP contribution in [0.15, 0.2) is 24.3 Å². The summed E-state index contributed by atoms with van der Waals surface area (Å²) in [4.78, 5) is 22.3. The minimum absolute atomic E-state index is 0.187. The average Bonchev–Trinajstić information content (AvgIpc) is 2.34. The van der Waals surface area contributed by atoms with Crippen LogP contribution in [0.1, 0.15) is 5.56 Å². The quantitative estimate of drug-likeness (QED) is 0.610. The van der Waals surface area contributed by atoms with Gasteiger partial charge in [-0.05, 0) is 17.7 Å². The van der Waals surface area contributed by atoms with Crippen LogP contribution in [-0.4, -0.2) is 18.4 Å². The fraction of sp³-hybridized carbons (Fsp3) is 0.182. The van der Waals surface area contributed by atoms with Crippen molar-refractivity contribution < 1.29 is 9.59 Å². The van der Waals surface area contributed by atoms with Crippen molar-refractivity contribution in [2.75, 3.05) is 6.54 Å². The van der Waals surface area contributed by atoms with Crippen molar-refractivity contribution in [3.63, 3.8) is 0 Å². The van der Waals surface area contributed by atoms with Crippen molar-refractivity contribution in [1.29, 1.82) is 5.26 Å². The summed E-state index contributed by atoms with van der Waals surface area (Å²) in [5.41, 5.74) is 0.829. The molecule has 0 atom stereocenters. The third kappa shape index (κ3) is 4.53. The zero-order valence-corrected chi connectivity index (χ0v) is 9.62. The maximum Gasteiger partial charge on any atom is 0.310 e. The van der Waals surface area contributed by atoms with Gasteiger partial charge in [-0.2, -0.15) is 5.26 Å². The highest BCUT2D eigenvalue weighted by atomic mass is 35.5. The maximum absolute atomic E-state index is 11.2. The van der Waals surface area contributed by atoms with Gasteiger partial charge in [-0.25, -0.2) is 0 Å². The molecule has 2 amide bonds. The fourth-order valence-corrected chi connectivity index (χ4v) is 1.19. The van der Waals surface area contributed by atoms with Gasteiger partial charge in [0.05, 0.1) is 6.07 Å². The Kier molecular flexibility index (Phi) is 4.98. The lowest BCUT2D eigenvalue weighted by molar-refractivity contribution is -0.139. The Hall–Kier alpha value is -2.06. The Bertz CT molecular complexity index is 451. The van der Waals surface area contributed by atoms with Gasteiger partial charge >= 0.3 is 11.8 Å². The predicted molar refractivity (Wildman–Crippen MR) is 61.9 cm³/mol. The third-order valence-corrected chi connectivity index (χ3v) is 2.15. The average molecular weight is 252 g/mol. The molecule has 0 radical (unpaired) electrons. The lowest BCUT2D eigenvalue weighted by Crippen LogP contribution is -2.39. The summed E-state index contributed by atoms with van der Waals surface area (Å²) in [6.07, 6.45) is 0. The van der Waals surface area contributed by atoms with Gasteiger partial charge in [-0.3, -0.25) is 9.59 Å². The highest BCUT2D eigenvalue weighted by Crippen LogP contribution is 2.08. The summed E-state index contributed by atoms with van der Waals surface area (Å²) in [5, 5.41) is 13.4. The summed E-state index contributed by atoms with van der Waals surface area (Å²) in [5.74, 6) is -1.59. The summed E-state index contributed by atoms with van der Waals surface area (Å²) in [7, 11) is 0. The third-order valence-electron chi connectivity index (χ3n) is 1.90. The number of nitrogens with zero attached hydrogens (tertiary/aromatic N) is 1. The minimum atomic E-state index is -0.819. The Morgan fingerprint density at radius 1 is 1.18 bits per heavy atom. The van der Waals surface area contributed by atoms with Gasteiger partial charge in [0.25, 0.3) is 0 Å². The van der Waals surface area contributed by atoms with Crippen LogP contribution >= 0.6 is 11.6 Å².